The number of hydrogen-bond acceptors (Lipinski definition) is 4. The summed E-state index contributed by atoms with van der Waals surface area (Å²) < 4.78 is 22.6. The van der Waals surface area contributed by atoms with Crippen molar-refractivity contribution in [3.05, 3.63) is 29.8 Å². The van der Waals surface area contributed by atoms with E-state index >= 15 is 0 Å². The molecule has 1 saturated heterocycles. The second-order valence-corrected chi connectivity index (χ2v) is 9.42. The first kappa shape index (κ1) is 20.1. The maximum atomic E-state index is 11.3. The molecule has 1 unspecified atom stereocenters. The van der Waals surface area contributed by atoms with Crippen LogP contribution in [0.2, 0.25) is 0 Å². The zero-order valence-electron chi connectivity index (χ0n) is 15.1. The molecule has 0 aromatic heterocycles. The third kappa shape index (κ3) is 5.90. The van der Waals surface area contributed by atoms with Gasteiger partial charge in [-0.15, -0.1) is 0 Å². The molecule has 25 heavy (non-hydrogen) atoms. The highest BCUT2D eigenvalue weighted by molar-refractivity contribution is 8.00. The number of thioether (sulfide) groups is 1. The number of primary sulfonamides is 1. The molecule has 1 aliphatic rings. The molecule has 6 nitrogen and oxygen atoms in total. The molecule has 0 amide bonds. The maximum Gasteiger partial charge on any atom is 0.238 e. The van der Waals surface area contributed by atoms with Gasteiger partial charge in [-0.1, -0.05) is 26.0 Å². The van der Waals surface area contributed by atoms with Crippen LogP contribution in [0.1, 0.15) is 19.4 Å². The molecule has 140 valence electrons. The summed E-state index contributed by atoms with van der Waals surface area (Å²) >= 11 is 2.04. The van der Waals surface area contributed by atoms with Gasteiger partial charge in [-0.2, -0.15) is 11.8 Å². The topological polar surface area (TPSA) is 87.8 Å². The van der Waals surface area contributed by atoms with Gasteiger partial charge in [0.2, 0.25) is 10.0 Å². The number of hydrogen-bond donors (Lipinski definition) is 2. The van der Waals surface area contributed by atoms with Crippen molar-refractivity contribution in [3.63, 3.8) is 0 Å². The fourth-order valence-corrected chi connectivity index (χ4v) is 4.58. The van der Waals surface area contributed by atoms with E-state index in [4.69, 9.17) is 5.14 Å². The van der Waals surface area contributed by atoms with Crippen LogP contribution in [0, 0.1) is 5.92 Å². The van der Waals surface area contributed by atoms with Crippen LogP contribution in [0.5, 0.6) is 0 Å². The summed E-state index contributed by atoms with van der Waals surface area (Å²) in [6.45, 7) is 7.31. The smallest absolute Gasteiger partial charge is 0.238 e. The standard InChI is InChI=1S/C17H28N4O2S2/c1-13(2)16-12-21(10-11-24-16)17(19-3)20-9-8-14-4-6-15(7-5-14)25(18,22)23/h4-7,13,16H,8-12H2,1-3H3,(H,19,20)(H2,18,22,23). The van der Waals surface area contributed by atoms with Crippen LogP contribution in [0.15, 0.2) is 34.2 Å². The van der Waals surface area contributed by atoms with E-state index in [0.717, 1.165) is 43.3 Å². The number of aliphatic imine (C=N–C) groups is 1. The van der Waals surface area contributed by atoms with Crippen LogP contribution < -0.4 is 10.5 Å². The molecule has 0 spiro atoms. The summed E-state index contributed by atoms with van der Waals surface area (Å²) in [4.78, 5) is 6.88. The highest BCUT2D eigenvalue weighted by Crippen LogP contribution is 2.24. The Kier molecular flexibility index (Phi) is 7.15. The molecule has 1 aliphatic heterocycles. The van der Waals surface area contributed by atoms with Crippen molar-refractivity contribution in [2.75, 3.05) is 32.4 Å². The molecule has 1 aromatic rings. The second kappa shape index (κ2) is 8.91. The summed E-state index contributed by atoms with van der Waals surface area (Å²) in [6.07, 6.45) is 0.792. The monoisotopic (exact) mass is 384 g/mol. The Morgan fingerprint density at radius 2 is 2.08 bits per heavy atom. The molecule has 2 rings (SSSR count). The van der Waals surface area contributed by atoms with Gasteiger partial charge in [0.15, 0.2) is 5.96 Å². The van der Waals surface area contributed by atoms with E-state index in [0.29, 0.717) is 11.2 Å². The Morgan fingerprint density at radius 3 is 2.64 bits per heavy atom. The maximum absolute atomic E-state index is 11.3. The molecule has 3 N–H and O–H groups in total. The Labute approximate surface area is 155 Å². The molecule has 0 radical (unpaired) electrons. The lowest BCUT2D eigenvalue weighted by Crippen LogP contribution is -2.49. The molecule has 0 saturated carbocycles. The van der Waals surface area contributed by atoms with Crippen LogP contribution in [-0.4, -0.2) is 57.0 Å². The zero-order valence-corrected chi connectivity index (χ0v) is 16.7. The van der Waals surface area contributed by atoms with Crippen molar-refractivity contribution in [1.82, 2.24) is 10.2 Å². The lowest BCUT2D eigenvalue weighted by molar-refractivity contribution is 0.381. The third-order valence-corrected chi connectivity index (χ3v) is 6.77. The number of nitrogens with one attached hydrogen (secondary N) is 1. The van der Waals surface area contributed by atoms with Crippen molar-refractivity contribution in [1.29, 1.82) is 0 Å². The second-order valence-electron chi connectivity index (χ2n) is 6.51. The number of nitrogens with two attached hydrogens (primary N) is 1. The van der Waals surface area contributed by atoms with E-state index in [-0.39, 0.29) is 4.90 Å². The SMILES string of the molecule is CN=C(NCCc1ccc(S(N)(=O)=O)cc1)N1CCSC(C(C)C)C1. The van der Waals surface area contributed by atoms with E-state index in [1.807, 2.05) is 18.8 Å². The molecular weight excluding hydrogens is 356 g/mol. The minimum Gasteiger partial charge on any atom is -0.356 e. The van der Waals surface area contributed by atoms with E-state index in [2.05, 4.69) is 29.1 Å². The largest absolute Gasteiger partial charge is 0.356 e. The van der Waals surface area contributed by atoms with Gasteiger partial charge >= 0.3 is 0 Å². The van der Waals surface area contributed by atoms with Gasteiger partial charge < -0.3 is 10.2 Å². The van der Waals surface area contributed by atoms with Crippen molar-refractivity contribution in [3.8, 4) is 0 Å². The number of sulfonamides is 1. The van der Waals surface area contributed by atoms with Crippen LogP contribution in [-0.2, 0) is 16.4 Å². The molecule has 0 bridgehead atoms. The highest BCUT2D eigenvalue weighted by Gasteiger charge is 2.24. The number of benzene rings is 1. The average molecular weight is 385 g/mol. The van der Waals surface area contributed by atoms with Gasteiger partial charge in [0.05, 0.1) is 4.90 Å². The van der Waals surface area contributed by atoms with Gasteiger partial charge in [0.1, 0.15) is 0 Å². The van der Waals surface area contributed by atoms with Crippen LogP contribution >= 0.6 is 11.8 Å². The summed E-state index contributed by atoms with van der Waals surface area (Å²) in [5.41, 5.74) is 1.06. The molecular formula is C17H28N4O2S2. The van der Waals surface area contributed by atoms with E-state index < -0.39 is 10.0 Å². The summed E-state index contributed by atoms with van der Waals surface area (Å²) in [6, 6.07) is 6.70. The predicted molar refractivity (Wildman–Crippen MR) is 106 cm³/mol. The lowest BCUT2D eigenvalue weighted by atomic mass is 10.1. The molecule has 1 fully saturated rings. The Bertz CT molecular complexity index is 687. The van der Waals surface area contributed by atoms with Crippen LogP contribution in [0.25, 0.3) is 0 Å². The van der Waals surface area contributed by atoms with Gasteiger partial charge in [0.25, 0.3) is 0 Å². The van der Waals surface area contributed by atoms with Gasteiger partial charge in [-0.25, -0.2) is 13.6 Å². The molecule has 0 aliphatic carbocycles. The first-order valence-electron chi connectivity index (χ1n) is 8.50. The summed E-state index contributed by atoms with van der Waals surface area (Å²) in [5.74, 6) is 2.72. The fraction of sp³-hybridized carbons (Fsp3) is 0.588. The van der Waals surface area contributed by atoms with Crippen LogP contribution in [0.4, 0.5) is 0 Å². The molecule has 1 heterocycles. The molecule has 1 atom stereocenters. The normalized spacial score (nSPS) is 19.3. The quantitative estimate of drug-likeness (QED) is 0.594. The average Bonchev–Trinajstić information content (AvgIpc) is 2.58. The van der Waals surface area contributed by atoms with Crippen molar-refractivity contribution < 1.29 is 8.42 Å². The van der Waals surface area contributed by atoms with Gasteiger partial charge in [-0.05, 0) is 30.0 Å². The highest BCUT2D eigenvalue weighted by atomic mass is 32.2. The van der Waals surface area contributed by atoms with Crippen molar-refractivity contribution in [2.24, 2.45) is 16.0 Å². The minimum atomic E-state index is -3.63. The predicted octanol–water partition coefficient (Wildman–Crippen LogP) is 1.53. The zero-order chi connectivity index (χ0) is 18.4. The number of nitrogens with zero attached hydrogens (tertiary/aromatic N) is 2. The van der Waals surface area contributed by atoms with E-state index in [9.17, 15) is 8.42 Å². The first-order valence-corrected chi connectivity index (χ1v) is 11.1. The Balaban J connectivity index is 1.87. The van der Waals surface area contributed by atoms with Gasteiger partial charge in [0, 0.05) is 37.7 Å². The van der Waals surface area contributed by atoms with E-state index in [1.165, 1.54) is 0 Å². The third-order valence-electron chi connectivity index (χ3n) is 4.30. The minimum absolute atomic E-state index is 0.144. The van der Waals surface area contributed by atoms with Crippen LogP contribution in [0.3, 0.4) is 0 Å². The Morgan fingerprint density at radius 1 is 1.40 bits per heavy atom. The van der Waals surface area contributed by atoms with Gasteiger partial charge in [-0.3, -0.25) is 4.99 Å². The first-order chi connectivity index (χ1) is 11.8. The lowest BCUT2D eigenvalue weighted by Gasteiger charge is -2.36. The summed E-state index contributed by atoms with van der Waals surface area (Å²) in [7, 11) is -1.81. The number of rotatable bonds is 5. The fourth-order valence-electron chi connectivity index (χ4n) is 2.77. The van der Waals surface area contributed by atoms with E-state index in [1.54, 1.807) is 24.3 Å². The Hall–Kier alpha value is -1.25. The van der Waals surface area contributed by atoms with Crippen molar-refractivity contribution >= 4 is 27.7 Å². The summed E-state index contributed by atoms with van der Waals surface area (Å²) in [5, 5.41) is 9.17. The number of guanidine groups is 1. The van der Waals surface area contributed by atoms with Crippen molar-refractivity contribution in [2.45, 2.75) is 30.4 Å². The molecule has 8 heteroatoms. The molecule has 1 aromatic carbocycles.